The highest BCUT2D eigenvalue weighted by Crippen LogP contribution is 2.13. The van der Waals surface area contributed by atoms with Gasteiger partial charge in [0.1, 0.15) is 0 Å². The van der Waals surface area contributed by atoms with Gasteiger partial charge in [0.15, 0.2) is 0 Å². The topological polar surface area (TPSA) is 40.5 Å². The zero-order chi connectivity index (χ0) is 13.1. The average Bonchev–Trinajstić information content (AvgIpc) is 2.43. The molecule has 18 heavy (non-hydrogen) atoms. The molecule has 0 aliphatic rings. The van der Waals surface area contributed by atoms with Crippen LogP contribution in [0.3, 0.4) is 0 Å². The van der Waals surface area contributed by atoms with Crippen molar-refractivity contribution in [3.05, 3.63) is 30.3 Å². The Morgan fingerprint density at radius 2 is 1.56 bits per heavy atom. The summed E-state index contributed by atoms with van der Waals surface area (Å²) < 4.78 is 0. The molecule has 0 saturated carbocycles. The summed E-state index contributed by atoms with van der Waals surface area (Å²) in [5.41, 5.74) is 0.966. The first kappa shape index (κ1) is 14.7. The molecule has 0 bridgehead atoms. The molecule has 0 aromatic heterocycles. The lowest BCUT2D eigenvalue weighted by Crippen LogP contribution is -2.22. The monoisotopic (exact) mass is 249 g/mol. The molecule has 0 aliphatic carbocycles. The zero-order valence-electron chi connectivity index (χ0n) is 10.9. The molecule has 1 rings (SSSR count). The van der Waals surface area contributed by atoms with Crippen molar-refractivity contribution in [2.75, 3.05) is 18.1 Å². The molecule has 0 radical (unpaired) electrons. The summed E-state index contributed by atoms with van der Waals surface area (Å²) in [6.45, 7) is 1.08. The fraction of sp³-hybridized carbons (Fsp3) is 0.533. The van der Waals surface area contributed by atoms with Gasteiger partial charge >= 0.3 is 0 Å². The lowest BCUT2D eigenvalue weighted by atomic mass is 10.1. The van der Waals surface area contributed by atoms with Gasteiger partial charge in [-0.2, -0.15) is 0 Å². The molecule has 0 fully saturated rings. The highest BCUT2D eigenvalue weighted by molar-refractivity contribution is 5.74. The van der Waals surface area contributed by atoms with Gasteiger partial charge < -0.3 is 10.0 Å². The van der Waals surface area contributed by atoms with E-state index in [1.165, 1.54) is 12.8 Å². The number of rotatable bonds is 10. The Hall–Kier alpha value is -1.35. The number of para-hydroxylation sites is 1. The molecular formula is C15H23NO2. The Kier molecular flexibility index (Phi) is 7.89. The van der Waals surface area contributed by atoms with Crippen molar-refractivity contribution in [2.45, 2.75) is 38.5 Å². The highest BCUT2D eigenvalue weighted by Gasteiger charge is 2.03. The lowest BCUT2D eigenvalue weighted by Gasteiger charge is -2.17. The second-order valence-electron chi connectivity index (χ2n) is 4.48. The van der Waals surface area contributed by atoms with Crippen LogP contribution in [0.25, 0.3) is 0 Å². The lowest BCUT2D eigenvalue weighted by molar-refractivity contribution is -0.107. The number of hydrogen-bond donors (Lipinski definition) is 1. The second-order valence-corrected chi connectivity index (χ2v) is 4.48. The maximum atomic E-state index is 11.0. The van der Waals surface area contributed by atoms with Gasteiger partial charge in [-0.25, -0.2) is 0 Å². The van der Waals surface area contributed by atoms with Crippen LogP contribution in [0.5, 0.6) is 0 Å². The Bertz CT molecular complexity index is 314. The van der Waals surface area contributed by atoms with Crippen LogP contribution in [0.1, 0.15) is 38.5 Å². The highest BCUT2D eigenvalue weighted by atomic mass is 16.2. The summed E-state index contributed by atoms with van der Waals surface area (Å²) in [5, 5.41) is 8.65. The number of nitrogens with zero attached hydrogens (tertiary/aromatic N) is 1. The van der Waals surface area contributed by atoms with E-state index in [0.29, 0.717) is 6.61 Å². The first-order valence-electron chi connectivity index (χ1n) is 6.76. The number of carbonyl (C=O) groups is 1. The van der Waals surface area contributed by atoms with E-state index in [1.807, 2.05) is 30.3 Å². The SMILES string of the molecule is O=CN(CCCCCCCCO)c1ccccc1. The minimum absolute atomic E-state index is 0.299. The molecule has 0 saturated heterocycles. The first-order valence-corrected chi connectivity index (χ1v) is 6.76. The number of benzene rings is 1. The Balaban J connectivity index is 2.15. The van der Waals surface area contributed by atoms with Gasteiger partial charge in [0, 0.05) is 18.8 Å². The van der Waals surface area contributed by atoms with Gasteiger partial charge in [0.2, 0.25) is 6.41 Å². The molecule has 0 spiro atoms. The van der Waals surface area contributed by atoms with Gasteiger partial charge in [0.25, 0.3) is 0 Å². The molecule has 1 aromatic rings. The smallest absolute Gasteiger partial charge is 0.214 e. The summed E-state index contributed by atoms with van der Waals surface area (Å²) in [6.07, 6.45) is 7.45. The molecule has 3 nitrogen and oxygen atoms in total. The predicted octanol–water partition coefficient (Wildman–Crippen LogP) is 2.98. The van der Waals surface area contributed by atoms with Crippen molar-refractivity contribution >= 4 is 12.1 Å². The summed E-state index contributed by atoms with van der Waals surface area (Å²) in [5.74, 6) is 0. The standard InChI is InChI=1S/C15H23NO2/c17-13-9-4-2-1-3-8-12-16(14-18)15-10-6-5-7-11-15/h5-7,10-11,14,17H,1-4,8-9,12-13H2. The zero-order valence-corrected chi connectivity index (χ0v) is 10.9. The number of aliphatic hydroxyl groups is 1. The van der Waals surface area contributed by atoms with E-state index in [2.05, 4.69) is 0 Å². The predicted molar refractivity (Wildman–Crippen MR) is 74.6 cm³/mol. The first-order chi connectivity index (χ1) is 8.88. The van der Waals surface area contributed by atoms with Crippen LogP contribution in [0.4, 0.5) is 5.69 Å². The number of amides is 1. The molecule has 1 N–H and O–H groups in total. The van der Waals surface area contributed by atoms with Crippen LogP contribution in [-0.2, 0) is 4.79 Å². The Morgan fingerprint density at radius 3 is 2.17 bits per heavy atom. The van der Waals surface area contributed by atoms with E-state index < -0.39 is 0 Å². The quantitative estimate of drug-likeness (QED) is 0.511. The van der Waals surface area contributed by atoms with Crippen LogP contribution < -0.4 is 4.90 Å². The summed E-state index contributed by atoms with van der Waals surface area (Å²) >= 11 is 0. The molecule has 0 unspecified atom stereocenters. The van der Waals surface area contributed by atoms with Crippen molar-refractivity contribution in [2.24, 2.45) is 0 Å². The normalized spacial score (nSPS) is 10.3. The minimum Gasteiger partial charge on any atom is -0.396 e. The third kappa shape index (κ3) is 5.82. The third-order valence-electron chi connectivity index (χ3n) is 3.02. The van der Waals surface area contributed by atoms with Gasteiger partial charge in [-0.15, -0.1) is 0 Å². The number of anilines is 1. The van der Waals surface area contributed by atoms with Gasteiger partial charge in [-0.3, -0.25) is 4.79 Å². The van der Waals surface area contributed by atoms with E-state index in [4.69, 9.17) is 5.11 Å². The van der Waals surface area contributed by atoms with Gasteiger partial charge in [0.05, 0.1) is 0 Å². The number of hydrogen-bond acceptors (Lipinski definition) is 2. The number of aliphatic hydroxyl groups excluding tert-OH is 1. The van der Waals surface area contributed by atoms with Crippen molar-refractivity contribution < 1.29 is 9.90 Å². The maximum Gasteiger partial charge on any atom is 0.214 e. The van der Waals surface area contributed by atoms with Crippen LogP contribution in [0, 0.1) is 0 Å². The Labute approximate surface area is 109 Å². The second kappa shape index (κ2) is 9.66. The van der Waals surface area contributed by atoms with Gasteiger partial charge in [-0.1, -0.05) is 43.9 Å². The van der Waals surface area contributed by atoms with Crippen molar-refractivity contribution in [1.82, 2.24) is 0 Å². The van der Waals surface area contributed by atoms with Crippen LogP contribution >= 0.6 is 0 Å². The largest absolute Gasteiger partial charge is 0.396 e. The van der Waals surface area contributed by atoms with E-state index >= 15 is 0 Å². The molecule has 1 amide bonds. The Morgan fingerprint density at radius 1 is 0.944 bits per heavy atom. The molecule has 0 aliphatic heterocycles. The van der Waals surface area contributed by atoms with Crippen LogP contribution in [0.2, 0.25) is 0 Å². The molecule has 100 valence electrons. The van der Waals surface area contributed by atoms with E-state index in [9.17, 15) is 4.79 Å². The summed E-state index contributed by atoms with van der Waals surface area (Å²) in [6, 6.07) is 9.75. The van der Waals surface area contributed by atoms with E-state index in [1.54, 1.807) is 4.90 Å². The molecular weight excluding hydrogens is 226 g/mol. The summed E-state index contributed by atoms with van der Waals surface area (Å²) in [7, 11) is 0. The van der Waals surface area contributed by atoms with Crippen LogP contribution in [-0.4, -0.2) is 24.7 Å². The van der Waals surface area contributed by atoms with Crippen LogP contribution in [0.15, 0.2) is 30.3 Å². The number of carbonyl (C=O) groups excluding carboxylic acids is 1. The fourth-order valence-electron chi connectivity index (χ4n) is 1.96. The summed E-state index contributed by atoms with van der Waals surface area (Å²) in [4.78, 5) is 12.8. The van der Waals surface area contributed by atoms with Crippen molar-refractivity contribution in [3.8, 4) is 0 Å². The molecule has 0 heterocycles. The van der Waals surface area contributed by atoms with Gasteiger partial charge in [-0.05, 0) is 25.0 Å². The maximum absolute atomic E-state index is 11.0. The molecule has 3 heteroatoms. The third-order valence-corrected chi connectivity index (χ3v) is 3.02. The fourth-order valence-corrected chi connectivity index (χ4v) is 1.96. The molecule has 0 atom stereocenters. The van der Waals surface area contributed by atoms with Crippen molar-refractivity contribution in [1.29, 1.82) is 0 Å². The van der Waals surface area contributed by atoms with E-state index in [0.717, 1.165) is 44.3 Å². The minimum atomic E-state index is 0.299. The molecule has 1 aromatic carbocycles. The number of unbranched alkanes of at least 4 members (excludes halogenated alkanes) is 5. The average molecular weight is 249 g/mol. The van der Waals surface area contributed by atoms with E-state index in [-0.39, 0.29) is 0 Å². The van der Waals surface area contributed by atoms with Crippen molar-refractivity contribution in [3.63, 3.8) is 0 Å².